The second-order valence-corrected chi connectivity index (χ2v) is 7.86. The molecule has 1 N–H and O–H groups in total. The zero-order valence-corrected chi connectivity index (χ0v) is 16.5. The molecular formula is C19H21ClFN3O2S. The highest BCUT2D eigenvalue weighted by molar-refractivity contribution is 7.12. The van der Waals surface area contributed by atoms with Gasteiger partial charge in [0.15, 0.2) is 0 Å². The maximum Gasteiger partial charge on any atom is 0.261 e. The zero-order valence-electron chi connectivity index (χ0n) is 15.0. The standard InChI is InChI=1S/C19H21ClFN3O2S/c1-13(22-18(25)17-3-2-10-27-17)19(26)24-8-6-23(7-9-24)12-14-4-5-15(21)11-16(14)20/h2-5,10-11,13H,6-9,12H2,1H3,(H,22,25). The minimum atomic E-state index is -0.572. The molecule has 144 valence electrons. The van der Waals surface area contributed by atoms with Gasteiger partial charge in [0, 0.05) is 37.7 Å². The van der Waals surface area contributed by atoms with E-state index in [0.717, 1.165) is 5.56 Å². The van der Waals surface area contributed by atoms with E-state index in [4.69, 9.17) is 11.6 Å². The third-order valence-corrected chi connectivity index (χ3v) is 5.78. The van der Waals surface area contributed by atoms with E-state index in [1.807, 2.05) is 5.38 Å². The van der Waals surface area contributed by atoms with E-state index < -0.39 is 6.04 Å². The van der Waals surface area contributed by atoms with Gasteiger partial charge in [0.1, 0.15) is 11.9 Å². The lowest BCUT2D eigenvalue weighted by molar-refractivity contribution is -0.134. The van der Waals surface area contributed by atoms with Crippen LogP contribution in [0.15, 0.2) is 35.7 Å². The van der Waals surface area contributed by atoms with Gasteiger partial charge in [0.05, 0.1) is 4.88 Å². The fourth-order valence-electron chi connectivity index (χ4n) is 3.03. The molecule has 0 saturated carbocycles. The Labute approximate surface area is 166 Å². The summed E-state index contributed by atoms with van der Waals surface area (Å²) in [6.07, 6.45) is 0. The fraction of sp³-hybridized carbons (Fsp3) is 0.368. The summed E-state index contributed by atoms with van der Waals surface area (Å²) < 4.78 is 13.2. The zero-order chi connectivity index (χ0) is 19.4. The van der Waals surface area contributed by atoms with E-state index in [1.165, 1.54) is 23.5 Å². The molecule has 2 heterocycles. The number of benzene rings is 1. The first-order valence-corrected chi connectivity index (χ1v) is 9.99. The number of thiophene rings is 1. The van der Waals surface area contributed by atoms with Crippen LogP contribution in [0.2, 0.25) is 5.02 Å². The summed E-state index contributed by atoms with van der Waals surface area (Å²) in [5.74, 6) is -0.660. The SMILES string of the molecule is CC(NC(=O)c1cccs1)C(=O)N1CCN(Cc2ccc(F)cc2Cl)CC1. The Balaban J connectivity index is 1.49. The molecule has 1 unspecified atom stereocenters. The smallest absolute Gasteiger partial charge is 0.261 e. The van der Waals surface area contributed by atoms with Crippen LogP contribution in [0, 0.1) is 5.82 Å². The van der Waals surface area contributed by atoms with Crippen molar-refractivity contribution in [2.45, 2.75) is 19.5 Å². The second-order valence-electron chi connectivity index (χ2n) is 6.51. The van der Waals surface area contributed by atoms with Gasteiger partial charge in [0.2, 0.25) is 5.91 Å². The largest absolute Gasteiger partial charge is 0.340 e. The average molecular weight is 410 g/mol. The minimum absolute atomic E-state index is 0.0839. The Morgan fingerprint density at radius 1 is 1.26 bits per heavy atom. The van der Waals surface area contributed by atoms with E-state index >= 15 is 0 Å². The topological polar surface area (TPSA) is 52.7 Å². The molecule has 27 heavy (non-hydrogen) atoms. The van der Waals surface area contributed by atoms with Gasteiger partial charge in [-0.3, -0.25) is 14.5 Å². The Hall–Kier alpha value is -1.96. The first-order valence-electron chi connectivity index (χ1n) is 8.73. The van der Waals surface area contributed by atoms with Crippen molar-refractivity contribution in [2.24, 2.45) is 0 Å². The summed E-state index contributed by atoms with van der Waals surface area (Å²) in [4.78, 5) is 29.2. The number of carbonyl (C=O) groups excluding carboxylic acids is 2. The maximum absolute atomic E-state index is 13.2. The van der Waals surface area contributed by atoms with Crippen LogP contribution in [0.5, 0.6) is 0 Å². The summed E-state index contributed by atoms with van der Waals surface area (Å²) in [6.45, 7) is 4.88. The van der Waals surface area contributed by atoms with E-state index in [-0.39, 0.29) is 17.6 Å². The van der Waals surface area contributed by atoms with Crippen LogP contribution in [0.1, 0.15) is 22.2 Å². The molecule has 1 fully saturated rings. The monoisotopic (exact) mass is 409 g/mol. The van der Waals surface area contributed by atoms with Crippen LogP contribution in [0.4, 0.5) is 4.39 Å². The number of piperazine rings is 1. The van der Waals surface area contributed by atoms with E-state index in [0.29, 0.717) is 42.6 Å². The van der Waals surface area contributed by atoms with Gasteiger partial charge < -0.3 is 10.2 Å². The first kappa shape index (κ1) is 19.8. The van der Waals surface area contributed by atoms with Crippen molar-refractivity contribution < 1.29 is 14.0 Å². The Kier molecular flexibility index (Phi) is 6.46. The van der Waals surface area contributed by atoms with Crippen LogP contribution in [0.3, 0.4) is 0 Å². The van der Waals surface area contributed by atoms with Gasteiger partial charge in [-0.1, -0.05) is 23.7 Å². The first-order chi connectivity index (χ1) is 12.9. The lowest BCUT2D eigenvalue weighted by Crippen LogP contribution is -2.53. The summed E-state index contributed by atoms with van der Waals surface area (Å²) >= 11 is 7.44. The molecule has 0 aliphatic carbocycles. The van der Waals surface area contributed by atoms with E-state index in [1.54, 1.807) is 30.0 Å². The number of halogens is 2. The molecule has 0 spiro atoms. The van der Waals surface area contributed by atoms with Crippen LogP contribution in [-0.2, 0) is 11.3 Å². The Bertz CT molecular complexity index is 807. The predicted octanol–water partition coefficient (Wildman–Crippen LogP) is 3.00. The molecule has 0 radical (unpaired) electrons. The Morgan fingerprint density at radius 2 is 2.00 bits per heavy atom. The second kappa shape index (κ2) is 8.82. The van der Waals surface area contributed by atoms with E-state index in [2.05, 4.69) is 10.2 Å². The highest BCUT2D eigenvalue weighted by Crippen LogP contribution is 2.20. The molecule has 1 aliphatic rings. The maximum atomic E-state index is 13.2. The number of amides is 2. The van der Waals surface area contributed by atoms with Gasteiger partial charge in [-0.25, -0.2) is 4.39 Å². The third-order valence-electron chi connectivity index (χ3n) is 4.56. The molecule has 0 bridgehead atoms. The summed E-state index contributed by atoms with van der Waals surface area (Å²) in [5, 5.41) is 5.00. The summed E-state index contributed by atoms with van der Waals surface area (Å²) in [6, 6.07) is 7.37. The predicted molar refractivity (Wildman–Crippen MR) is 105 cm³/mol. The number of hydrogen-bond acceptors (Lipinski definition) is 4. The molecule has 8 heteroatoms. The van der Waals surface area contributed by atoms with Crippen molar-refractivity contribution >= 4 is 34.8 Å². The Morgan fingerprint density at radius 3 is 2.63 bits per heavy atom. The molecule has 2 amide bonds. The molecule has 1 aromatic carbocycles. The number of hydrogen-bond donors (Lipinski definition) is 1. The normalized spacial score (nSPS) is 16.2. The highest BCUT2D eigenvalue weighted by Gasteiger charge is 2.26. The molecule has 3 rings (SSSR count). The number of nitrogens with one attached hydrogen (secondary N) is 1. The summed E-state index contributed by atoms with van der Waals surface area (Å²) in [5.41, 5.74) is 0.870. The van der Waals surface area contributed by atoms with Gasteiger partial charge >= 0.3 is 0 Å². The van der Waals surface area contributed by atoms with Crippen molar-refractivity contribution in [3.8, 4) is 0 Å². The number of nitrogens with zero attached hydrogens (tertiary/aromatic N) is 2. The van der Waals surface area contributed by atoms with E-state index in [9.17, 15) is 14.0 Å². The molecular weight excluding hydrogens is 389 g/mol. The molecule has 1 aliphatic heterocycles. The van der Waals surface area contributed by atoms with Crippen molar-refractivity contribution in [2.75, 3.05) is 26.2 Å². The molecule has 2 aromatic rings. The highest BCUT2D eigenvalue weighted by atomic mass is 35.5. The molecule has 1 saturated heterocycles. The van der Waals surface area contributed by atoms with Gasteiger partial charge in [-0.15, -0.1) is 11.3 Å². The quantitative estimate of drug-likeness (QED) is 0.825. The number of rotatable bonds is 5. The third kappa shape index (κ3) is 5.06. The van der Waals surface area contributed by atoms with Gasteiger partial charge in [0.25, 0.3) is 5.91 Å². The fourth-order valence-corrected chi connectivity index (χ4v) is 3.88. The number of carbonyl (C=O) groups is 2. The van der Waals surface area contributed by atoms with Gasteiger partial charge in [-0.2, -0.15) is 0 Å². The van der Waals surface area contributed by atoms with Crippen LogP contribution in [-0.4, -0.2) is 53.8 Å². The van der Waals surface area contributed by atoms with Crippen LogP contribution in [0.25, 0.3) is 0 Å². The van der Waals surface area contributed by atoms with Crippen LogP contribution < -0.4 is 5.32 Å². The van der Waals surface area contributed by atoms with Crippen molar-refractivity contribution in [3.05, 3.63) is 57.0 Å². The van der Waals surface area contributed by atoms with Crippen molar-refractivity contribution in [1.29, 1.82) is 0 Å². The van der Waals surface area contributed by atoms with Crippen molar-refractivity contribution in [1.82, 2.24) is 15.1 Å². The van der Waals surface area contributed by atoms with Crippen molar-refractivity contribution in [3.63, 3.8) is 0 Å². The molecule has 1 aromatic heterocycles. The molecule has 5 nitrogen and oxygen atoms in total. The average Bonchev–Trinajstić information content (AvgIpc) is 3.19. The van der Waals surface area contributed by atoms with Gasteiger partial charge in [-0.05, 0) is 36.1 Å². The summed E-state index contributed by atoms with van der Waals surface area (Å²) in [7, 11) is 0. The lowest BCUT2D eigenvalue weighted by atomic mass is 10.2. The lowest BCUT2D eigenvalue weighted by Gasteiger charge is -2.36. The van der Waals surface area contributed by atoms with Crippen LogP contribution >= 0.6 is 22.9 Å². The minimum Gasteiger partial charge on any atom is -0.340 e. The molecule has 1 atom stereocenters.